The number of para-hydroxylation sites is 1. The number of hydrogen-bond donors (Lipinski definition) is 1. The van der Waals surface area contributed by atoms with Crippen LogP contribution in [0.25, 0.3) is 11.0 Å². The van der Waals surface area contributed by atoms with Crippen LogP contribution in [0.1, 0.15) is 39.5 Å². The molecule has 1 N–H and O–H groups in total. The van der Waals surface area contributed by atoms with Gasteiger partial charge in [0.25, 0.3) is 6.01 Å². The molecule has 0 unspecified atom stereocenters. The van der Waals surface area contributed by atoms with E-state index in [-0.39, 0.29) is 24.2 Å². The van der Waals surface area contributed by atoms with Gasteiger partial charge < -0.3 is 19.5 Å². The molecule has 33 heavy (non-hydrogen) atoms. The van der Waals surface area contributed by atoms with Crippen molar-refractivity contribution < 1.29 is 19.0 Å². The van der Waals surface area contributed by atoms with Gasteiger partial charge in [-0.15, -0.1) is 0 Å². The lowest BCUT2D eigenvalue weighted by molar-refractivity contribution is -0.120. The third-order valence-electron chi connectivity index (χ3n) is 5.78. The fourth-order valence-electron chi connectivity index (χ4n) is 4.12. The molecule has 3 aromatic rings. The number of fused-ring (bicyclic) bond motifs is 1. The van der Waals surface area contributed by atoms with Gasteiger partial charge in [-0.05, 0) is 44.7 Å². The number of nitrogens with one attached hydrogen (secondary N) is 1. The summed E-state index contributed by atoms with van der Waals surface area (Å²) in [6.07, 6.45) is 3.87. The predicted octanol–water partition coefficient (Wildman–Crippen LogP) is 5.25. The molecule has 1 aliphatic rings. The van der Waals surface area contributed by atoms with E-state index in [1.807, 2.05) is 54.9 Å². The van der Waals surface area contributed by atoms with Crippen LogP contribution in [0.15, 0.2) is 42.5 Å². The molecule has 0 bridgehead atoms. The molecule has 2 aromatic carbocycles. The molecule has 1 fully saturated rings. The zero-order valence-electron chi connectivity index (χ0n) is 19.2. The van der Waals surface area contributed by atoms with Crippen molar-refractivity contribution in [3.05, 3.63) is 47.5 Å². The number of rotatable bonds is 8. The molecular formula is C25H30ClN3O4. The Bertz CT molecular complexity index is 1090. The fraction of sp³-hybridized carbons (Fsp3) is 0.440. The summed E-state index contributed by atoms with van der Waals surface area (Å²) in [5.41, 5.74) is 1.55. The molecule has 8 heteroatoms. The van der Waals surface area contributed by atoms with E-state index in [0.717, 1.165) is 36.9 Å². The summed E-state index contributed by atoms with van der Waals surface area (Å²) in [7, 11) is 1.92. The largest absolute Gasteiger partial charge is 0.461 e. The highest BCUT2D eigenvalue weighted by atomic mass is 35.5. The summed E-state index contributed by atoms with van der Waals surface area (Å²) in [4.78, 5) is 15.8. The van der Waals surface area contributed by atoms with Crippen LogP contribution in [0, 0.1) is 0 Å². The van der Waals surface area contributed by atoms with Crippen LogP contribution < -0.4 is 14.8 Å². The Balaban J connectivity index is 1.37. The van der Waals surface area contributed by atoms with Crippen LogP contribution in [0.3, 0.4) is 0 Å². The molecule has 0 radical (unpaired) electrons. The summed E-state index contributed by atoms with van der Waals surface area (Å²) in [6, 6.07) is 13.9. The zero-order chi connectivity index (χ0) is 23.4. The Hall–Kier alpha value is -2.77. The molecule has 0 spiro atoms. The van der Waals surface area contributed by atoms with Crippen LogP contribution in [-0.2, 0) is 16.6 Å². The summed E-state index contributed by atoms with van der Waals surface area (Å²) >= 11 is 6.51. The van der Waals surface area contributed by atoms with E-state index < -0.39 is 0 Å². The number of aryl methyl sites for hydroxylation is 1. The number of imidazole rings is 1. The topological polar surface area (TPSA) is 74.6 Å². The number of benzene rings is 2. The van der Waals surface area contributed by atoms with E-state index in [2.05, 4.69) is 10.3 Å². The second-order valence-electron chi connectivity index (χ2n) is 8.59. The Morgan fingerprint density at radius 3 is 2.55 bits per heavy atom. The Morgan fingerprint density at radius 1 is 1.15 bits per heavy atom. The number of ether oxygens (including phenoxy) is 3. The van der Waals surface area contributed by atoms with Gasteiger partial charge in [-0.25, -0.2) is 0 Å². The maximum Gasteiger partial charge on any atom is 0.297 e. The number of halogens is 1. The van der Waals surface area contributed by atoms with Gasteiger partial charge in [-0.2, -0.15) is 4.98 Å². The van der Waals surface area contributed by atoms with Crippen molar-refractivity contribution in [2.45, 2.75) is 57.8 Å². The van der Waals surface area contributed by atoms with Crippen molar-refractivity contribution in [2.75, 3.05) is 6.61 Å². The maximum atomic E-state index is 11.1. The molecule has 0 aliphatic heterocycles. The highest BCUT2D eigenvalue weighted by Crippen LogP contribution is 2.34. The lowest BCUT2D eigenvalue weighted by atomic mass is 9.95. The first-order chi connectivity index (χ1) is 15.9. The summed E-state index contributed by atoms with van der Waals surface area (Å²) in [6.45, 7) is 3.99. The highest BCUT2D eigenvalue weighted by molar-refractivity contribution is 6.35. The molecule has 1 aromatic heterocycles. The van der Waals surface area contributed by atoms with Gasteiger partial charge in [0.05, 0.1) is 23.3 Å². The summed E-state index contributed by atoms with van der Waals surface area (Å²) < 4.78 is 20.1. The van der Waals surface area contributed by atoms with Gasteiger partial charge in [0.15, 0.2) is 0 Å². The van der Waals surface area contributed by atoms with E-state index in [9.17, 15) is 4.79 Å². The number of hydrogen-bond acceptors (Lipinski definition) is 5. The number of nitrogens with zero attached hydrogens (tertiary/aromatic N) is 2. The maximum absolute atomic E-state index is 11.1. The second-order valence-corrected chi connectivity index (χ2v) is 9.00. The second kappa shape index (κ2) is 10.4. The number of amides is 1. The first-order valence-corrected chi connectivity index (χ1v) is 11.7. The van der Waals surface area contributed by atoms with Gasteiger partial charge >= 0.3 is 0 Å². The van der Waals surface area contributed by atoms with E-state index >= 15 is 0 Å². The molecule has 1 heterocycles. The third kappa shape index (κ3) is 5.97. The SMILES string of the molecule is CC(=O)N[C@@H](C)COC1CCC(Oc2nc3c(Cl)cc(Oc4ccccc4)cc3n2C)CC1. The monoisotopic (exact) mass is 471 g/mol. The first-order valence-electron chi connectivity index (χ1n) is 11.3. The Morgan fingerprint density at radius 2 is 1.85 bits per heavy atom. The fourth-order valence-corrected chi connectivity index (χ4v) is 4.37. The normalized spacial score (nSPS) is 19.3. The molecule has 176 valence electrons. The van der Waals surface area contributed by atoms with E-state index in [4.69, 9.17) is 25.8 Å². The zero-order valence-corrected chi connectivity index (χ0v) is 20.0. The number of aromatic nitrogens is 2. The summed E-state index contributed by atoms with van der Waals surface area (Å²) in [5.74, 6) is 1.36. The van der Waals surface area contributed by atoms with E-state index in [0.29, 0.717) is 28.9 Å². The molecule has 0 saturated heterocycles. The highest BCUT2D eigenvalue weighted by Gasteiger charge is 2.25. The van der Waals surface area contributed by atoms with Crippen LogP contribution >= 0.6 is 11.6 Å². The minimum atomic E-state index is -0.0375. The van der Waals surface area contributed by atoms with Crippen molar-refractivity contribution in [3.8, 4) is 17.5 Å². The molecule has 4 rings (SSSR count). The predicted molar refractivity (Wildman–Crippen MR) is 128 cm³/mol. The van der Waals surface area contributed by atoms with Crippen molar-refractivity contribution in [3.63, 3.8) is 0 Å². The van der Waals surface area contributed by atoms with Crippen molar-refractivity contribution in [1.82, 2.24) is 14.9 Å². The van der Waals surface area contributed by atoms with Crippen LogP contribution in [0.4, 0.5) is 0 Å². The van der Waals surface area contributed by atoms with Gasteiger partial charge in [-0.1, -0.05) is 29.8 Å². The van der Waals surface area contributed by atoms with Crippen molar-refractivity contribution >= 4 is 28.5 Å². The standard InChI is InChI=1S/C25H30ClN3O4/c1-16(27-17(2)30)15-31-18-9-11-20(12-10-18)33-25-28-24-22(26)13-21(14-23(24)29(25)3)32-19-7-5-4-6-8-19/h4-8,13-14,16,18,20H,9-12,15H2,1-3H3,(H,27,30)/t16-,18?,20?/m0/s1. The van der Waals surface area contributed by atoms with Gasteiger partial charge in [-0.3, -0.25) is 9.36 Å². The Labute approximate surface area is 199 Å². The molecule has 7 nitrogen and oxygen atoms in total. The Kier molecular flexibility index (Phi) is 7.40. The van der Waals surface area contributed by atoms with Crippen LogP contribution in [-0.4, -0.2) is 40.3 Å². The number of carbonyl (C=O) groups is 1. The molecule has 1 amide bonds. The molecule has 1 atom stereocenters. The minimum Gasteiger partial charge on any atom is -0.461 e. The van der Waals surface area contributed by atoms with E-state index in [1.54, 1.807) is 6.07 Å². The average Bonchev–Trinajstić information content (AvgIpc) is 3.09. The average molecular weight is 472 g/mol. The third-order valence-corrected chi connectivity index (χ3v) is 6.06. The van der Waals surface area contributed by atoms with Gasteiger partial charge in [0, 0.05) is 32.1 Å². The molecule has 1 aliphatic carbocycles. The first kappa shape index (κ1) is 23.4. The van der Waals surface area contributed by atoms with Crippen molar-refractivity contribution in [2.24, 2.45) is 7.05 Å². The van der Waals surface area contributed by atoms with E-state index in [1.165, 1.54) is 6.92 Å². The van der Waals surface area contributed by atoms with Crippen LogP contribution in [0.5, 0.6) is 17.5 Å². The lowest BCUT2D eigenvalue weighted by Crippen LogP contribution is -2.37. The minimum absolute atomic E-state index is 0.0111. The smallest absolute Gasteiger partial charge is 0.297 e. The molecule has 1 saturated carbocycles. The van der Waals surface area contributed by atoms with Gasteiger partial charge in [0.1, 0.15) is 23.1 Å². The number of carbonyl (C=O) groups excluding carboxylic acids is 1. The van der Waals surface area contributed by atoms with Crippen molar-refractivity contribution in [1.29, 1.82) is 0 Å². The quantitative estimate of drug-likeness (QED) is 0.485. The summed E-state index contributed by atoms with van der Waals surface area (Å²) in [5, 5.41) is 3.37. The van der Waals surface area contributed by atoms with Gasteiger partial charge in [0.2, 0.25) is 5.91 Å². The van der Waals surface area contributed by atoms with Crippen LogP contribution in [0.2, 0.25) is 5.02 Å². The molecular weight excluding hydrogens is 442 g/mol. The lowest BCUT2D eigenvalue weighted by Gasteiger charge is -2.29.